The Hall–Kier alpha value is -0.470. The van der Waals surface area contributed by atoms with Gasteiger partial charge in [-0.1, -0.05) is 31.9 Å². The standard InChI is InChI=1S/C13H20Cl2N2/c1-4-10(3)9-17(5-2)13-7-6-11(15)12(8-14)16-13/h6-7,10H,4-5,8-9H2,1-3H3. The normalized spacial score (nSPS) is 12.5. The monoisotopic (exact) mass is 274 g/mol. The van der Waals surface area contributed by atoms with Crippen molar-refractivity contribution in [2.75, 3.05) is 18.0 Å². The SMILES string of the molecule is CCC(C)CN(CC)c1ccc(Cl)c(CCl)n1. The molecule has 0 aliphatic heterocycles. The van der Waals surface area contributed by atoms with Crippen molar-refractivity contribution in [3.63, 3.8) is 0 Å². The average Bonchev–Trinajstić information content (AvgIpc) is 2.36. The summed E-state index contributed by atoms with van der Waals surface area (Å²) in [5.41, 5.74) is 0.758. The van der Waals surface area contributed by atoms with Crippen molar-refractivity contribution < 1.29 is 0 Å². The van der Waals surface area contributed by atoms with Crippen molar-refractivity contribution in [3.8, 4) is 0 Å². The number of nitrogens with zero attached hydrogens (tertiary/aromatic N) is 2. The molecule has 0 N–H and O–H groups in total. The first-order chi connectivity index (χ1) is 8.12. The lowest BCUT2D eigenvalue weighted by Gasteiger charge is -2.25. The van der Waals surface area contributed by atoms with Crippen molar-refractivity contribution in [2.45, 2.75) is 33.1 Å². The second kappa shape index (κ2) is 7.07. The van der Waals surface area contributed by atoms with Gasteiger partial charge in [-0.05, 0) is 25.0 Å². The first kappa shape index (κ1) is 14.6. The van der Waals surface area contributed by atoms with Gasteiger partial charge in [-0.15, -0.1) is 11.6 Å². The van der Waals surface area contributed by atoms with Crippen LogP contribution >= 0.6 is 23.2 Å². The Morgan fingerprint density at radius 1 is 1.35 bits per heavy atom. The minimum Gasteiger partial charge on any atom is -0.357 e. The highest BCUT2D eigenvalue weighted by Crippen LogP contribution is 2.21. The molecule has 1 aromatic rings. The van der Waals surface area contributed by atoms with Crippen molar-refractivity contribution >= 4 is 29.0 Å². The number of pyridine rings is 1. The molecule has 2 nitrogen and oxygen atoms in total. The highest BCUT2D eigenvalue weighted by atomic mass is 35.5. The van der Waals surface area contributed by atoms with Crippen LogP contribution in [-0.4, -0.2) is 18.1 Å². The Balaban J connectivity index is 2.88. The summed E-state index contributed by atoms with van der Waals surface area (Å²) < 4.78 is 0. The highest BCUT2D eigenvalue weighted by molar-refractivity contribution is 6.32. The zero-order valence-electron chi connectivity index (χ0n) is 10.7. The second-order valence-electron chi connectivity index (χ2n) is 4.28. The van der Waals surface area contributed by atoms with Crippen LogP contribution < -0.4 is 4.90 Å². The summed E-state index contributed by atoms with van der Waals surface area (Å²) in [6, 6.07) is 3.84. The van der Waals surface area contributed by atoms with E-state index in [0.717, 1.165) is 24.6 Å². The highest BCUT2D eigenvalue weighted by Gasteiger charge is 2.11. The first-order valence-electron chi connectivity index (χ1n) is 6.08. The van der Waals surface area contributed by atoms with E-state index in [-0.39, 0.29) is 0 Å². The molecule has 0 amide bonds. The van der Waals surface area contributed by atoms with Gasteiger partial charge in [0.1, 0.15) is 5.82 Å². The molecule has 1 rings (SSSR count). The minimum atomic E-state index is 0.355. The summed E-state index contributed by atoms with van der Waals surface area (Å²) in [6.45, 7) is 8.56. The molecule has 1 unspecified atom stereocenters. The van der Waals surface area contributed by atoms with Gasteiger partial charge in [0, 0.05) is 13.1 Å². The summed E-state index contributed by atoms with van der Waals surface area (Å²) in [4.78, 5) is 6.78. The van der Waals surface area contributed by atoms with Crippen LogP contribution in [-0.2, 0) is 5.88 Å². The lowest BCUT2D eigenvalue weighted by Crippen LogP contribution is -2.29. The van der Waals surface area contributed by atoms with Gasteiger partial charge >= 0.3 is 0 Å². The number of anilines is 1. The van der Waals surface area contributed by atoms with Crippen molar-refractivity contribution in [1.82, 2.24) is 4.98 Å². The third-order valence-electron chi connectivity index (χ3n) is 2.97. The maximum absolute atomic E-state index is 6.01. The molecular weight excluding hydrogens is 255 g/mol. The molecule has 0 fully saturated rings. The van der Waals surface area contributed by atoms with Crippen LogP contribution in [0.2, 0.25) is 5.02 Å². The molecule has 0 aliphatic rings. The summed E-state index contributed by atoms with van der Waals surface area (Å²) in [5.74, 6) is 1.98. The van der Waals surface area contributed by atoms with Crippen molar-refractivity contribution in [3.05, 3.63) is 22.8 Å². The van der Waals surface area contributed by atoms with E-state index < -0.39 is 0 Å². The maximum Gasteiger partial charge on any atom is 0.128 e. The summed E-state index contributed by atoms with van der Waals surface area (Å²) in [5, 5.41) is 0.642. The lowest BCUT2D eigenvalue weighted by atomic mass is 10.1. The summed E-state index contributed by atoms with van der Waals surface area (Å²) >= 11 is 11.8. The molecule has 96 valence electrons. The zero-order chi connectivity index (χ0) is 12.8. The predicted octanol–water partition coefficient (Wildman–Crippen LogP) is 4.35. The Morgan fingerprint density at radius 3 is 2.59 bits per heavy atom. The van der Waals surface area contributed by atoms with E-state index in [1.807, 2.05) is 12.1 Å². The smallest absolute Gasteiger partial charge is 0.128 e. The van der Waals surface area contributed by atoms with Crippen LogP contribution in [0.4, 0.5) is 5.82 Å². The number of hydrogen-bond donors (Lipinski definition) is 0. The molecule has 4 heteroatoms. The number of halogens is 2. The van der Waals surface area contributed by atoms with Gasteiger partial charge in [0.2, 0.25) is 0 Å². The van der Waals surface area contributed by atoms with Gasteiger partial charge in [0.05, 0.1) is 16.6 Å². The van der Waals surface area contributed by atoms with Crippen LogP contribution in [0.5, 0.6) is 0 Å². The Morgan fingerprint density at radius 2 is 2.06 bits per heavy atom. The first-order valence-corrected chi connectivity index (χ1v) is 6.99. The zero-order valence-corrected chi connectivity index (χ0v) is 12.2. The molecule has 1 atom stereocenters. The van der Waals surface area contributed by atoms with Crippen LogP contribution in [0.25, 0.3) is 0 Å². The number of rotatable bonds is 6. The second-order valence-corrected chi connectivity index (χ2v) is 4.96. The molecule has 0 bridgehead atoms. The van der Waals surface area contributed by atoms with Gasteiger partial charge < -0.3 is 4.90 Å². The predicted molar refractivity (Wildman–Crippen MR) is 76.1 cm³/mol. The Labute approximate surface area is 114 Å². The van der Waals surface area contributed by atoms with Gasteiger partial charge in [-0.2, -0.15) is 0 Å². The van der Waals surface area contributed by atoms with Gasteiger partial charge in [-0.3, -0.25) is 0 Å². The maximum atomic E-state index is 6.01. The molecular formula is C13H20Cl2N2. The summed E-state index contributed by atoms with van der Waals surface area (Å²) in [6.07, 6.45) is 1.17. The van der Waals surface area contributed by atoms with Gasteiger partial charge in [0.15, 0.2) is 0 Å². The van der Waals surface area contributed by atoms with E-state index >= 15 is 0 Å². The Bertz CT molecular complexity index is 355. The third-order valence-corrected chi connectivity index (χ3v) is 3.56. The largest absolute Gasteiger partial charge is 0.357 e. The van der Waals surface area contributed by atoms with Crippen LogP contribution in [0.3, 0.4) is 0 Å². The topological polar surface area (TPSA) is 16.1 Å². The van der Waals surface area contributed by atoms with E-state index in [4.69, 9.17) is 23.2 Å². The summed E-state index contributed by atoms with van der Waals surface area (Å²) in [7, 11) is 0. The minimum absolute atomic E-state index is 0.355. The lowest BCUT2D eigenvalue weighted by molar-refractivity contribution is 0.545. The van der Waals surface area contributed by atoms with E-state index in [1.165, 1.54) is 6.42 Å². The molecule has 1 aromatic heterocycles. The fourth-order valence-corrected chi connectivity index (χ4v) is 2.08. The number of alkyl halides is 1. The van der Waals surface area contributed by atoms with E-state index in [1.54, 1.807) is 0 Å². The molecule has 17 heavy (non-hydrogen) atoms. The van der Waals surface area contributed by atoms with Crippen molar-refractivity contribution in [2.24, 2.45) is 5.92 Å². The Kier molecular flexibility index (Phi) is 6.07. The molecule has 1 heterocycles. The van der Waals surface area contributed by atoms with E-state index in [0.29, 0.717) is 16.8 Å². The van der Waals surface area contributed by atoms with Crippen LogP contribution in [0.15, 0.2) is 12.1 Å². The molecule has 0 aliphatic carbocycles. The van der Waals surface area contributed by atoms with Crippen LogP contribution in [0.1, 0.15) is 32.9 Å². The molecule has 0 aromatic carbocycles. The van der Waals surface area contributed by atoms with Crippen molar-refractivity contribution in [1.29, 1.82) is 0 Å². The van der Waals surface area contributed by atoms with Crippen LogP contribution in [0, 0.1) is 5.92 Å². The molecule has 0 saturated carbocycles. The quantitative estimate of drug-likeness (QED) is 0.718. The fourth-order valence-electron chi connectivity index (χ4n) is 1.63. The number of aromatic nitrogens is 1. The van der Waals surface area contributed by atoms with E-state index in [2.05, 4.69) is 30.7 Å². The molecule has 0 radical (unpaired) electrons. The average molecular weight is 275 g/mol. The van der Waals surface area contributed by atoms with E-state index in [9.17, 15) is 0 Å². The van der Waals surface area contributed by atoms with Gasteiger partial charge in [0.25, 0.3) is 0 Å². The molecule has 0 spiro atoms. The third kappa shape index (κ3) is 4.04. The molecule has 0 saturated heterocycles. The number of hydrogen-bond acceptors (Lipinski definition) is 2. The van der Waals surface area contributed by atoms with Gasteiger partial charge in [-0.25, -0.2) is 4.98 Å². The fraction of sp³-hybridized carbons (Fsp3) is 0.615.